The Morgan fingerprint density at radius 2 is 1.70 bits per heavy atom. The molecule has 0 saturated heterocycles. The van der Waals surface area contributed by atoms with Gasteiger partial charge in [0.15, 0.2) is 0 Å². The Balaban J connectivity index is 1.74. The zero-order chi connectivity index (χ0) is 13.7. The van der Waals surface area contributed by atoms with E-state index in [1.54, 1.807) is 0 Å². The van der Waals surface area contributed by atoms with E-state index in [-0.39, 0.29) is 5.41 Å². The predicted molar refractivity (Wildman–Crippen MR) is 79.1 cm³/mol. The van der Waals surface area contributed by atoms with E-state index in [1.165, 1.54) is 44.1 Å². The van der Waals surface area contributed by atoms with Gasteiger partial charge < -0.3 is 9.84 Å². The third-order valence-corrected chi connectivity index (χ3v) is 5.89. The molecule has 0 heterocycles. The molecule has 0 atom stereocenters. The average molecular weight is 272 g/mol. The van der Waals surface area contributed by atoms with Gasteiger partial charge in [-0.3, -0.25) is 0 Å². The summed E-state index contributed by atoms with van der Waals surface area (Å²) in [6.45, 7) is 2.70. The summed E-state index contributed by atoms with van der Waals surface area (Å²) in [5, 5.41) is 10.4. The molecule has 20 heavy (non-hydrogen) atoms. The first-order chi connectivity index (χ1) is 9.68. The van der Waals surface area contributed by atoms with Crippen LogP contribution in [0, 0.1) is 17.8 Å². The van der Waals surface area contributed by atoms with E-state index < -0.39 is 0 Å². The molecule has 0 radical (unpaired) electrons. The summed E-state index contributed by atoms with van der Waals surface area (Å²) in [6.07, 6.45) is 8.15. The van der Waals surface area contributed by atoms with Gasteiger partial charge in [0.1, 0.15) is 11.5 Å². The lowest BCUT2D eigenvalue weighted by atomic mass is 9.48. The maximum absolute atomic E-state index is 10.4. The second kappa shape index (κ2) is 4.41. The molecule has 0 aliphatic heterocycles. The van der Waals surface area contributed by atoms with Crippen molar-refractivity contribution in [2.75, 3.05) is 6.61 Å². The maximum Gasteiger partial charge on any atom is 0.119 e. The van der Waals surface area contributed by atoms with Gasteiger partial charge in [0, 0.05) is 5.56 Å². The number of benzene rings is 1. The van der Waals surface area contributed by atoms with Crippen LogP contribution in [0.2, 0.25) is 0 Å². The number of hydrogen-bond acceptors (Lipinski definition) is 2. The van der Waals surface area contributed by atoms with Crippen LogP contribution in [0.25, 0.3) is 0 Å². The van der Waals surface area contributed by atoms with Crippen LogP contribution >= 0.6 is 0 Å². The van der Waals surface area contributed by atoms with Crippen molar-refractivity contribution in [2.45, 2.75) is 50.9 Å². The Morgan fingerprint density at radius 1 is 1.10 bits per heavy atom. The minimum Gasteiger partial charge on any atom is -0.508 e. The predicted octanol–water partition coefficient (Wildman–Crippen LogP) is 4.26. The molecule has 108 valence electrons. The maximum atomic E-state index is 10.4. The van der Waals surface area contributed by atoms with E-state index in [2.05, 4.69) is 6.07 Å². The Hall–Kier alpha value is -1.18. The number of ether oxygens (including phenoxy) is 1. The van der Waals surface area contributed by atoms with E-state index in [0.29, 0.717) is 12.4 Å². The van der Waals surface area contributed by atoms with E-state index in [0.717, 1.165) is 23.5 Å². The fourth-order valence-electron chi connectivity index (χ4n) is 5.64. The molecule has 4 aliphatic rings. The minimum absolute atomic E-state index is 0.242. The van der Waals surface area contributed by atoms with E-state index in [1.807, 2.05) is 19.1 Å². The molecule has 0 spiro atoms. The smallest absolute Gasteiger partial charge is 0.119 e. The van der Waals surface area contributed by atoms with Gasteiger partial charge in [0.05, 0.1) is 6.61 Å². The van der Waals surface area contributed by atoms with Gasteiger partial charge in [-0.2, -0.15) is 0 Å². The number of phenolic OH excluding ortho intramolecular Hbond substituents is 1. The van der Waals surface area contributed by atoms with Crippen molar-refractivity contribution < 1.29 is 9.84 Å². The van der Waals surface area contributed by atoms with Crippen molar-refractivity contribution in [3.8, 4) is 11.5 Å². The zero-order valence-corrected chi connectivity index (χ0v) is 12.3. The molecule has 0 unspecified atom stereocenters. The SMILES string of the molecule is CCOc1ccc(O)c(C23CC4CC(CC(C4)C2)C3)c1. The lowest BCUT2D eigenvalue weighted by Gasteiger charge is -2.57. The molecule has 0 amide bonds. The summed E-state index contributed by atoms with van der Waals surface area (Å²) >= 11 is 0. The summed E-state index contributed by atoms with van der Waals surface area (Å²) in [4.78, 5) is 0. The Bertz CT molecular complexity index is 485. The van der Waals surface area contributed by atoms with Gasteiger partial charge in [-0.1, -0.05) is 0 Å². The first kappa shape index (κ1) is 12.6. The first-order valence-corrected chi connectivity index (χ1v) is 8.15. The second-order valence-corrected chi connectivity index (χ2v) is 7.31. The molecule has 4 aliphatic carbocycles. The Morgan fingerprint density at radius 3 is 2.25 bits per heavy atom. The lowest BCUT2D eigenvalue weighted by molar-refractivity contribution is -0.00623. The summed E-state index contributed by atoms with van der Waals surface area (Å²) in [5.41, 5.74) is 1.41. The number of rotatable bonds is 3. The molecule has 5 rings (SSSR count). The van der Waals surface area contributed by atoms with Crippen LogP contribution in [0.15, 0.2) is 18.2 Å². The monoisotopic (exact) mass is 272 g/mol. The Kier molecular flexibility index (Phi) is 2.77. The Labute approximate surface area is 121 Å². The van der Waals surface area contributed by atoms with Crippen LogP contribution in [-0.2, 0) is 5.41 Å². The number of phenols is 1. The molecule has 1 aromatic rings. The molecular weight excluding hydrogens is 248 g/mol. The minimum atomic E-state index is 0.242. The second-order valence-electron chi connectivity index (χ2n) is 7.31. The van der Waals surface area contributed by atoms with Gasteiger partial charge in [-0.15, -0.1) is 0 Å². The third-order valence-electron chi connectivity index (χ3n) is 5.89. The standard InChI is InChI=1S/C18H24O2/c1-2-20-15-3-4-17(19)16(8-15)18-9-12-5-13(10-18)7-14(6-12)11-18/h3-4,8,12-14,19H,2,5-7,9-11H2,1H3. The highest BCUT2D eigenvalue weighted by Gasteiger charge is 2.52. The van der Waals surface area contributed by atoms with E-state index in [9.17, 15) is 5.11 Å². The van der Waals surface area contributed by atoms with Gasteiger partial charge in [-0.05, 0) is 86.8 Å². The van der Waals surface area contributed by atoms with Crippen molar-refractivity contribution in [3.63, 3.8) is 0 Å². The fourth-order valence-corrected chi connectivity index (χ4v) is 5.64. The van der Waals surface area contributed by atoms with Crippen molar-refractivity contribution in [1.29, 1.82) is 0 Å². The molecule has 1 N–H and O–H groups in total. The average Bonchev–Trinajstić information content (AvgIpc) is 2.39. The van der Waals surface area contributed by atoms with Gasteiger partial charge >= 0.3 is 0 Å². The van der Waals surface area contributed by atoms with Crippen LogP contribution in [0.5, 0.6) is 11.5 Å². The zero-order valence-electron chi connectivity index (χ0n) is 12.3. The van der Waals surface area contributed by atoms with Crippen LogP contribution in [0.3, 0.4) is 0 Å². The highest BCUT2D eigenvalue weighted by Crippen LogP contribution is 2.62. The molecular formula is C18H24O2. The molecule has 2 nitrogen and oxygen atoms in total. The van der Waals surface area contributed by atoms with Crippen molar-refractivity contribution >= 4 is 0 Å². The summed E-state index contributed by atoms with van der Waals surface area (Å²) in [6, 6.07) is 5.84. The van der Waals surface area contributed by atoms with E-state index in [4.69, 9.17) is 4.74 Å². The molecule has 2 heteroatoms. The fraction of sp³-hybridized carbons (Fsp3) is 0.667. The summed E-state index contributed by atoms with van der Waals surface area (Å²) in [5.74, 6) is 4.09. The number of aromatic hydroxyl groups is 1. The molecule has 4 fully saturated rings. The quantitative estimate of drug-likeness (QED) is 0.891. The van der Waals surface area contributed by atoms with Crippen LogP contribution in [-0.4, -0.2) is 11.7 Å². The highest BCUT2D eigenvalue weighted by atomic mass is 16.5. The molecule has 0 aromatic heterocycles. The lowest BCUT2D eigenvalue weighted by Crippen LogP contribution is -2.48. The molecule has 1 aromatic carbocycles. The highest BCUT2D eigenvalue weighted by molar-refractivity contribution is 5.45. The van der Waals surface area contributed by atoms with Crippen molar-refractivity contribution in [2.24, 2.45) is 17.8 Å². The van der Waals surface area contributed by atoms with Crippen LogP contribution in [0.4, 0.5) is 0 Å². The van der Waals surface area contributed by atoms with Gasteiger partial charge in [0.2, 0.25) is 0 Å². The van der Waals surface area contributed by atoms with Crippen molar-refractivity contribution in [1.82, 2.24) is 0 Å². The largest absolute Gasteiger partial charge is 0.508 e. The van der Waals surface area contributed by atoms with Crippen molar-refractivity contribution in [3.05, 3.63) is 23.8 Å². The normalized spacial score (nSPS) is 38.1. The number of hydrogen-bond donors (Lipinski definition) is 1. The van der Waals surface area contributed by atoms with Crippen LogP contribution in [0.1, 0.15) is 51.0 Å². The summed E-state index contributed by atoms with van der Waals surface area (Å²) < 4.78 is 5.65. The first-order valence-electron chi connectivity index (χ1n) is 8.15. The van der Waals surface area contributed by atoms with Crippen LogP contribution < -0.4 is 4.74 Å². The molecule has 4 saturated carbocycles. The van der Waals surface area contributed by atoms with E-state index >= 15 is 0 Å². The molecule has 4 bridgehead atoms. The third kappa shape index (κ3) is 1.84. The topological polar surface area (TPSA) is 29.5 Å². The van der Waals surface area contributed by atoms with Gasteiger partial charge in [0.25, 0.3) is 0 Å². The summed E-state index contributed by atoms with van der Waals surface area (Å²) in [7, 11) is 0. The van der Waals surface area contributed by atoms with Gasteiger partial charge in [-0.25, -0.2) is 0 Å².